The van der Waals surface area contributed by atoms with Crippen LogP contribution < -0.4 is 5.32 Å². The van der Waals surface area contributed by atoms with Crippen LogP contribution in [-0.4, -0.2) is 37.0 Å². The summed E-state index contributed by atoms with van der Waals surface area (Å²) in [6.45, 7) is 11.3. The molecule has 0 bridgehead atoms. The van der Waals surface area contributed by atoms with Gasteiger partial charge in [-0.05, 0) is 55.0 Å². The average Bonchev–Trinajstić information content (AvgIpc) is 2.81. The predicted octanol–water partition coefficient (Wildman–Crippen LogP) is 2.13. The summed E-state index contributed by atoms with van der Waals surface area (Å²) in [4.78, 5) is 14.5. The molecule has 3 aliphatic rings. The predicted molar refractivity (Wildman–Crippen MR) is 76.7 cm³/mol. The fraction of sp³-hybridized carbons (Fsp3) is 0.938. The molecule has 1 N–H and O–H groups in total. The molecule has 1 aliphatic carbocycles. The summed E-state index contributed by atoms with van der Waals surface area (Å²) in [5.74, 6) is 3.20. The minimum atomic E-state index is 0.404. The molecular weight excluding hydrogens is 236 g/mol. The number of carbonyl (C=O) groups excluding carboxylic acids is 1. The van der Waals surface area contributed by atoms with Crippen LogP contribution in [-0.2, 0) is 4.79 Å². The molecule has 108 valence electrons. The molecule has 3 heteroatoms. The Bertz CT molecular complexity index is 346. The summed E-state index contributed by atoms with van der Waals surface area (Å²) in [6, 6.07) is 0. The van der Waals surface area contributed by atoms with E-state index >= 15 is 0 Å². The number of nitrogens with one attached hydrogen (secondary N) is 1. The SMILES string of the molecule is CC(CC(=O)N1CC2C(C1)C2(C)C)C1CCCNC1. The molecule has 4 unspecified atom stereocenters. The quantitative estimate of drug-likeness (QED) is 0.847. The van der Waals surface area contributed by atoms with Crippen LogP contribution in [0.3, 0.4) is 0 Å². The molecule has 2 saturated heterocycles. The van der Waals surface area contributed by atoms with Crippen molar-refractivity contribution in [1.29, 1.82) is 0 Å². The number of rotatable bonds is 3. The molecule has 0 spiro atoms. The van der Waals surface area contributed by atoms with E-state index in [0.717, 1.165) is 44.4 Å². The van der Waals surface area contributed by atoms with Crippen LogP contribution in [0.5, 0.6) is 0 Å². The van der Waals surface area contributed by atoms with Gasteiger partial charge >= 0.3 is 0 Å². The van der Waals surface area contributed by atoms with Gasteiger partial charge in [-0.15, -0.1) is 0 Å². The molecule has 1 saturated carbocycles. The molecule has 0 radical (unpaired) electrons. The lowest BCUT2D eigenvalue weighted by Gasteiger charge is -2.30. The van der Waals surface area contributed by atoms with Crippen molar-refractivity contribution in [1.82, 2.24) is 10.2 Å². The number of nitrogens with zero attached hydrogens (tertiary/aromatic N) is 1. The molecule has 0 aromatic carbocycles. The zero-order valence-corrected chi connectivity index (χ0v) is 12.6. The van der Waals surface area contributed by atoms with Crippen LogP contribution >= 0.6 is 0 Å². The first kappa shape index (κ1) is 13.4. The second-order valence-electron chi connectivity index (χ2n) is 7.62. The summed E-state index contributed by atoms with van der Waals surface area (Å²) in [6.07, 6.45) is 3.32. The van der Waals surface area contributed by atoms with Crippen LogP contribution in [0.15, 0.2) is 0 Å². The van der Waals surface area contributed by atoms with Gasteiger partial charge in [-0.25, -0.2) is 0 Å². The van der Waals surface area contributed by atoms with Crippen LogP contribution in [0.4, 0.5) is 0 Å². The lowest BCUT2D eigenvalue weighted by molar-refractivity contribution is -0.132. The Hall–Kier alpha value is -0.570. The smallest absolute Gasteiger partial charge is 0.222 e. The van der Waals surface area contributed by atoms with Crippen molar-refractivity contribution in [3.63, 3.8) is 0 Å². The molecule has 4 atom stereocenters. The van der Waals surface area contributed by atoms with Crippen LogP contribution in [0.25, 0.3) is 0 Å². The van der Waals surface area contributed by atoms with Crippen molar-refractivity contribution >= 4 is 5.91 Å². The topological polar surface area (TPSA) is 32.3 Å². The second-order valence-corrected chi connectivity index (χ2v) is 7.62. The van der Waals surface area contributed by atoms with Crippen LogP contribution in [0.1, 0.15) is 40.0 Å². The normalized spacial score (nSPS) is 37.8. The molecule has 3 rings (SSSR count). The minimum Gasteiger partial charge on any atom is -0.342 e. The van der Waals surface area contributed by atoms with Crippen molar-refractivity contribution in [2.24, 2.45) is 29.1 Å². The fourth-order valence-corrected chi connectivity index (χ4v) is 4.27. The number of fused-ring (bicyclic) bond motifs is 1. The van der Waals surface area contributed by atoms with Gasteiger partial charge in [0.1, 0.15) is 0 Å². The Morgan fingerprint density at radius 2 is 2.05 bits per heavy atom. The first-order chi connectivity index (χ1) is 9.00. The van der Waals surface area contributed by atoms with E-state index in [0.29, 0.717) is 23.2 Å². The van der Waals surface area contributed by atoms with E-state index in [-0.39, 0.29) is 0 Å². The molecule has 1 amide bonds. The zero-order chi connectivity index (χ0) is 13.6. The zero-order valence-electron chi connectivity index (χ0n) is 12.6. The highest BCUT2D eigenvalue weighted by atomic mass is 16.2. The van der Waals surface area contributed by atoms with E-state index in [2.05, 4.69) is 31.0 Å². The first-order valence-corrected chi connectivity index (χ1v) is 7.98. The van der Waals surface area contributed by atoms with E-state index in [4.69, 9.17) is 0 Å². The monoisotopic (exact) mass is 264 g/mol. The maximum Gasteiger partial charge on any atom is 0.222 e. The summed E-state index contributed by atoms with van der Waals surface area (Å²) >= 11 is 0. The van der Waals surface area contributed by atoms with Gasteiger partial charge in [-0.1, -0.05) is 20.8 Å². The summed E-state index contributed by atoms with van der Waals surface area (Å²) in [7, 11) is 0. The average molecular weight is 264 g/mol. The lowest BCUT2D eigenvalue weighted by Crippen LogP contribution is -2.37. The Labute approximate surface area is 117 Å². The molecular formula is C16H28N2O. The van der Waals surface area contributed by atoms with Gasteiger partial charge < -0.3 is 10.2 Å². The number of piperidine rings is 2. The minimum absolute atomic E-state index is 0.404. The fourth-order valence-electron chi connectivity index (χ4n) is 4.27. The third-order valence-corrected chi connectivity index (χ3v) is 6.11. The van der Waals surface area contributed by atoms with Crippen LogP contribution in [0.2, 0.25) is 0 Å². The van der Waals surface area contributed by atoms with Crippen LogP contribution in [0, 0.1) is 29.1 Å². The van der Waals surface area contributed by atoms with Gasteiger partial charge in [0, 0.05) is 19.5 Å². The molecule has 0 aromatic heterocycles. The Balaban J connectivity index is 1.47. The highest BCUT2D eigenvalue weighted by Crippen LogP contribution is 2.62. The highest BCUT2D eigenvalue weighted by Gasteiger charge is 2.62. The Kier molecular flexibility index (Phi) is 3.36. The maximum atomic E-state index is 12.4. The highest BCUT2D eigenvalue weighted by molar-refractivity contribution is 5.77. The van der Waals surface area contributed by atoms with E-state index in [1.807, 2.05) is 0 Å². The van der Waals surface area contributed by atoms with E-state index in [1.165, 1.54) is 12.8 Å². The lowest BCUT2D eigenvalue weighted by atomic mass is 9.85. The largest absolute Gasteiger partial charge is 0.342 e. The first-order valence-electron chi connectivity index (χ1n) is 7.98. The third kappa shape index (κ3) is 2.42. The number of carbonyl (C=O) groups is 1. The van der Waals surface area contributed by atoms with Gasteiger partial charge in [-0.3, -0.25) is 4.79 Å². The standard InChI is InChI=1S/C16H28N2O/c1-11(12-5-4-6-17-8-12)7-15(19)18-9-13-14(10-18)16(13,2)3/h11-14,17H,4-10H2,1-3H3. The third-order valence-electron chi connectivity index (χ3n) is 6.11. The second kappa shape index (κ2) is 4.76. The summed E-state index contributed by atoms with van der Waals surface area (Å²) in [5, 5.41) is 3.46. The molecule has 2 aliphatic heterocycles. The van der Waals surface area contributed by atoms with Crippen molar-refractivity contribution < 1.29 is 4.79 Å². The van der Waals surface area contributed by atoms with Crippen molar-refractivity contribution in [2.45, 2.75) is 40.0 Å². The van der Waals surface area contributed by atoms with Gasteiger partial charge in [-0.2, -0.15) is 0 Å². The Morgan fingerprint density at radius 1 is 1.37 bits per heavy atom. The van der Waals surface area contributed by atoms with Crippen molar-refractivity contribution in [2.75, 3.05) is 26.2 Å². The molecule has 3 fully saturated rings. The summed E-state index contributed by atoms with van der Waals surface area (Å²) < 4.78 is 0. The number of likely N-dealkylation sites (tertiary alicyclic amines) is 1. The molecule has 2 heterocycles. The number of hydrogen-bond acceptors (Lipinski definition) is 2. The van der Waals surface area contributed by atoms with E-state index in [9.17, 15) is 4.79 Å². The van der Waals surface area contributed by atoms with Gasteiger partial charge in [0.15, 0.2) is 0 Å². The van der Waals surface area contributed by atoms with Crippen molar-refractivity contribution in [3.05, 3.63) is 0 Å². The van der Waals surface area contributed by atoms with Crippen molar-refractivity contribution in [3.8, 4) is 0 Å². The summed E-state index contributed by atoms with van der Waals surface area (Å²) in [5.41, 5.74) is 0.510. The Morgan fingerprint density at radius 3 is 2.63 bits per heavy atom. The van der Waals surface area contributed by atoms with Gasteiger partial charge in [0.25, 0.3) is 0 Å². The van der Waals surface area contributed by atoms with Gasteiger partial charge in [0.05, 0.1) is 0 Å². The molecule has 19 heavy (non-hydrogen) atoms. The number of amides is 1. The maximum absolute atomic E-state index is 12.4. The molecule has 3 nitrogen and oxygen atoms in total. The van der Waals surface area contributed by atoms with E-state index < -0.39 is 0 Å². The number of hydrogen-bond donors (Lipinski definition) is 1. The van der Waals surface area contributed by atoms with Gasteiger partial charge in [0.2, 0.25) is 5.91 Å². The molecule has 0 aromatic rings. The van der Waals surface area contributed by atoms with E-state index in [1.54, 1.807) is 0 Å².